The van der Waals surface area contributed by atoms with Crippen molar-refractivity contribution in [1.82, 2.24) is 0 Å². The Morgan fingerprint density at radius 1 is 0.500 bits per heavy atom. The summed E-state index contributed by atoms with van der Waals surface area (Å²) in [6, 6.07) is 72.2. The molecule has 0 aliphatic heterocycles. The van der Waals surface area contributed by atoms with Crippen LogP contribution in [0.2, 0.25) is 0 Å². The second-order valence-corrected chi connectivity index (χ2v) is 20.8. The third-order valence-electron chi connectivity index (χ3n) is 16.1. The van der Waals surface area contributed by atoms with E-state index >= 15 is 0 Å². The summed E-state index contributed by atoms with van der Waals surface area (Å²) < 4.78 is 0. The zero-order valence-corrected chi connectivity index (χ0v) is 37.9. The summed E-state index contributed by atoms with van der Waals surface area (Å²) in [5.74, 6) is 1.16. The van der Waals surface area contributed by atoms with Gasteiger partial charge in [-0.1, -0.05) is 192 Å². The molecule has 4 atom stereocenters. The maximum atomic E-state index is 2.59. The van der Waals surface area contributed by atoms with Gasteiger partial charge in [0.05, 0.1) is 5.69 Å². The lowest BCUT2D eigenvalue weighted by Gasteiger charge is -2.39. The molecule has 1 fully saturated rings. The summed E-state index contributed by atoms with van der Waals surface area (Å²) in [6.45, 7) is 11.7. The fourth-order valence-electron chi connectivity index (χ4n) is 13.2. The first kappa shape index (κ1) is 39.2. The van der Waals surface area contributed by atoms with E-state index in [0.717, 1.165) is 12.8 Å². The van der Waals surface area contributed by atoms with Crippen LogP contribution in [0.4, 0.5) is 17.1 Å². The summed E-state index contributed by atoms with van der Waals surface area (Å²) in [4.78, 5) is 2.55. The summed E-state index contributed by atoms with van der Waals surface area (Å²) in [5.41, 5.74) is 23.7. The number of hydrogen-bond donors (Lipinski definition) is 0. The Hall–Kier alpha value is -6.44. The van der Waals surface area contributed by atoms with Gasteiger partial charge in [0, 0.05) is 28.1 Å². The average molecular weight is 828 g/mol. The normalized spacial score (nSPS) is 20.1. The molecule has 8 aromatic carbocycles. The van der Waals surface area contributed by atoms with Crippen molar-refractivity contribution in [3.63, 3.8) is 0 Å². The van der Waals surface area contributed by atoms with E-state index in [1.165, 1.54) is 91.1 Å². The van der Waals surface area contributed by atoms with Crippen LogP contribution < -0.4 is 4.90 Å². The quantitative estimate of drug-likeness (QED) is 0.145. The van der Waals surface area contributed by atoms with Gasteiger partial charge in [-0.2, -0.15) is 0 Å². The first-order valence-electron chi connectivity index (χ1n) is 23.7. The van der Waals surface area contributed by atoms with E-state index in [0.29, 0.717) is 11.8 Å². The van der Waals surface area contributed by atoms with Crippen molar-refractivity contribution >= 4 is 17.1 Å². The van der Waals surface area contributed by atoms with Gasteiger partial charge in [-0.05, 0) is 151 Å². The molecule has 0 amide bonds. The van der Waals surface area contributed by atoms with Crippen molar-refractivity contribution in [1.29, 1.82) is 0 Å². The molecule has 0 heterocycles. The van der Waals surface area contributed by atoms with Crippen LogP contribution in [-0.2, 0) is 29.1 Å². The third kappa shape index (κ3) is 5.82. The number of benzene rings is 8. The second kappa shape index (κ2) is 14.5. The van der Waals surface area contributed by atoms with Crippen LogP contribution in [0.25, 0.3) is 22.3 Å². The van der Waals surface area contributed by atoms with Gasteiger partial charge in [-0.15, -0.1) is 0 Å². The Morgan fingerprint density at radius 3 is 1.69 bits per heavy atom. The number of anilines is 3. The van der Waals surface area contributed by atoms with E-state index in [1.807, 2.05) is 0 Å². The van der Waals surface area contributed by atoms with Gasteiger partial charge in [-0.3, -0.25) is 0 Å². The van der Waals surface area contributed by atoms with Crippen molar-refractivity contribution < 1.29 is 0 Å². The molecule has 12 rings (SSSR count). The number of rotatable bonds is 7. The minimum absolute atomic E-state index is 0.0574. The highest BCUT2D eigenvalue weighted by Gasteiger charge is 2.62. The molecule has 0 radical (unpaired) electrons. The summed E-state index contributed by atoms with van der Waals surface area (Å²) in [7, 11) is 0. The van der Waals surface area contributed by atoms with Crippen LogP contribution in [0.3, 0.4) is 0 Å². The van der Waals surface area contributed by atoms with Crippen molar-refractivity contribution in [3.05, 3.63) is 244 Å². The van der Waals surface area contributed by atoms with E-state index in [9.17, 15) is 0 Å². The van der Waals surface area contributed by atoms with Gasteiger partial charge in [0.15, 0.2) is 0 Å². The first-order chi connectivity index (χ1) is 31.1. The van der Waals surface area contributed by atoms with Crippen molar-refractivity contribution in [3.8, 4) is 22.3 Å². The van der Waals surface area contributed by atoms with Crippen LogP contribution in [0.1, 0.15) is 109 Å². The summed E-state index contributed by atoms with van der Waals surface area (Å²) in [6.07, 6.45) is 4.79. The molecule has 1 heteroatoms. The monoisotopic (exact) mass is 827 g/mol. The number of fused-ring (bicyclic) bond motifs is 5. The minimum atomic E-state index is -0.0911. The molecule has 314 valence electrons. The highest BCUT2D eigenvalue weighted by Crippen LogP contribution is 2.68. The molecule has 4 aliphatic carbocycles. The zero-order valence-electron chi connectivity index (χ0n) is 37.9. The third-order valence-corrected chi connectivity index (χ3v) is 16.1. The minimum Gasteiger partial charge on any atom is -0.310 e. The average Bonchev–Trinajstić information content (AvgIpc) is 4.01. The van der Waals surface area contributed by atoms with E-state index in [1.54, 1.807) is 16.7 Å². The van der Waals surface area contributed by atoms with Crippen molar-refractivity contribution in [2.24, 2.45) is 11.8 Å². The van der Waals surface area contributed by atoms with Gasteiger partial charge in [0.1, 0.15) is 0 Å². The molecule has 1 spiro atoms. The van der Waals surface area contributed by atoms with E-state index in [2.05, 4.69) is 228 Å². The molecule has 64 heavy (non-hydrogen) atoms. The maximum absolute atomic E-state index is 2.59. The molecule has 0 N–H and O–H groups in total. The Labute approximate surface area is 380 Å². The molecule has 1 saturated carbocycles. The molecule has 4 aliphatic rings. The van der Waals surface area contributed by atoms with Gasteiger partial charge in [-0.25, -0.2) is 0 Å². The highest BCUT2D eigenvalue weighted by atomic mass is 15.1. The maximum Gasteiger partial charge on any atom is 0.0505 e. The number of para-hydroxylation sites is 2. The molecule has 0 saturated heterocycles. The van der Waals surface area contributed by atoms with Gasteiger partial charge < -0.3 is 4.90 Å². The van der Waals surface area contributed by atoms with Crippen LogP contribution in [0.15, 0.2) is 188 Å². The molecular weight excluding hydrogens is 771 g/mol. The molecule has 4 unspecified atom stereocenters. The molecule has 8 aromatic rings. The predicted octanol–water partition coefficient (Wildman–Crippen LogP) is 16.0. The largest absolute Gasteiger partial charge is 0.310 e. The zero-order chi connectivity index (χ0) is 43.4. The Morgan fingerprint density at radius 2 is 1.05 bits per heavy atom. The molecule has 0 aromatic heterocycles. The topological polar surface area (TPSA) is 3.24 Å². The first-order valence-corrected chi connectivity index (χ1v) is 23.7. The number of hydrogen-bond acceptors (Lipinski definition) is 1. The lowest BCUT2D eigenvalue weighted by Crippen LogP contribution is -2.34. The van der Waals surface area contributed by atoms with Gasteiger partial charge in [0.2, 0.25) is 0 Å². The van der Waals surface area contributed by atoms with Crippen LogP contribution in [0.5, 0.6) is 0 Å². The Kier molecular flexibility index (Phi) is 8.90. The van der Waals surface area contributed by atoms with Crippen molar-refractivity contribution in [2.75, 3.05) is 4.90 Å². The SMILES string of the molecule is CC(C)(C)c1ccc(-c2ccc(C(c3ccc4c(c3)C(C)(C)c3ccccc3-4)c3cccc4c3C35c6c(cccc6N(c6ccccc6)c6ccccc6)CC3CCC5C4)cc2)cc1. The second-order valence-electron chi connectivity index (χ2n) is 20.8. The van der Waals surface area contributed by atoms with E-state index in [-0.39, 0.29) is 22.2 Å². The standard InChI is InChI=1S/C63H57N/c1-61(2,3)47-33-30-42(31-34-47)41-26-28-43(29-27-41)58(44-32-37-53-52-22-12-13-24-55(52)62(4,5)56(53)40-44)54-23-14-16-45-38-48-35-36-49-39-46-17-15-25-57(60(46)63(48,49)59(45)54)64(50-18-8-6-9-19-50)51-20-10-7-11-21-51/h6-34,37,40,48-49,58H,35-36,38-39H2,1-5H3. The van der Waals surface area contributed by atoms with Crippen LogP contribution in [-0.4, -0.2) is 0 Å². The molecule has 0 bridgehead atoms. The van der Waals surface area contributed by atoms with Crippen molar-refractivity contribution in [2.45, 2.75) is 82.5 Å². The predicted molar refractivity (Wildman–Crippen MR) is 267 cm³/mol. The highest BCUT2D eigenvalue weighted by molar-refractivity contribution is 5.84. The van der Waals surface area contributed by atoms with Gasteiger partial charge >= 0.3 is 0 Å². The van der Waals surface area contributed by atoms with E-state index in [4.69, 9.17) is 0 Å². The molecular formula is C63H57N. The smallest absolute Gasteiger partial charge is 0.0505 e. The summed E-state index contributed by atoms with van der Waals surface area (Å²) in [5, 5.41) is 0. The molecule has 1 nitrogen and oxygen atoms in total. The van der Waals surface area contributed by atoms with E-state index < -0.39 is 0 Å². The van der Waals surface area contributed by atoms with Gasteiger partial charge in [0.25, 0.3) is 0 Å². The summed E-state index contributed by atoms with van der Waals surface area (Å²) >= 11 is 0. The lowest BCUT2D eigenvalue weighted by molar-refractivity contribution is 0.347. The van der Waals surface area contributed by atoms with Crippen LogP contribution in [0, 0.1) is 11.8 Å². The lowest BCUT2D eigenvalue weighted by atomic mass is 9.65. The van der Waals surface area contributed by atoms with Crippen LogP contribution >= 0.6 is 0 Å². The fraction of sp³-hybridized carbons (Fsp3) is 0.238. The number of nitrogens with zero attached hydrogens (tertiary/aromatic N) is 1. The Bertz CT molecular complexity index is 3010. The fourth-order valence-corrected chi connectivity index (χ4v) is 13.2. The Balaban J connectivity index is 1.07.